The standard InChI is InChI=1S/C20H19BrN2O3/c21-13-5-6-15-16(11-13)23(14-7-9-24-10-8-14)20(22-15)19-12-25-17-3-1-2-4-18(17)26-19/h1-6,11,14,19H,7-10,12H2. The van der Waals surface area contributed by atoms with Crippen LogP contribution in [0.1, 0.15) is 30.8 Å². The molecule has 1 saturated heterocycles. The Morgan fingerprint density at radius 3 is 2.69 bits per heavy atom. The van der Waals surface area contributed by atoms with Gasteiger partial charge in [-0.05, 0) is 43.2 Å². The van der Waals surface area contributed by atoms with E-state index in [0.717, 1.165) is 58.9 Å². The van der Waals surface area contributed by atoms with Gasteiger partial charge in [-0.1, -0.05) is 28.1 Å². The molecule has 1 fully saturated rings. The van der Waals surface area contributed by atoms with E-state index in [9.17, 15) is 0 Å². The van der Waals surface area contributed by atoms with Crippen LogP contribution in [0, 0.1) is 0 Å². The van der Waals surface area contributed by atoms with E-state index < -0.39 is 0 Å². The zero-order valence-corrected chi connectivity index (χ0v) is 15.8. The van der Waals surface area contributed by atoms with E-state index in [0.29, 0.717) is 12.6 Å². The summed E-state index contributed by atoms with van der Waals surface area (Å²) in [6.07, 6.45) is 1.74. The molecule has 0 bridgehead atoms. The molecular formula is C20H19BrN2O3. The van der Waals surface area contributed by atoms with Gasteiger partial charge in [-0.2, -0.15) is 0 Å². The van der Waals surface area contributed by atoms with E-state index in [4.69, 9.17) is 19.2 Å². The molecule has 2 aliphatic rings. The first-order valence-corrected chi connectivity index (χ1v) is 9.72. The first-order chi connectivity index (χ1) is 12.8. The maximum absolute atomic E-state index is 6.26. The van der Waals surface area contributed by atoms with Gasteiger partial charge in [0.25, 0.3) is 0 Å². The van der Waals surface area contributed by atoms with E-state index >= 15 is 0 Å². The van der Waals surface area contributed by atoms with E-state index in [1.165, 1.54) is 0 Å². The van der Waals surface area contributed by atoms with Crippen LogP contribution < -0.4 is 9.47 Å². The first-order valence-electron chi connectivity index (χ1n) is 8.93. The number of hydrogen-bond acceptors (Lipinski definition) is 4. The molecule has 3 aromatic rings. The topological polar surface area (TPSA) is 45.5 Å². The van der Waals surface area contributed by atoms with Gasteiger partial charge in [0.2, 0.25) is 0 Å². The second kappa shape index (κ2) is 6.59. The number of imidazole rings is 1. The summed E-state index contributed by atoms with van der Waals surface area (Å²) < 4.78 is 21.2. The van der Waals surface area contributed by atoms with Crippen molar-refractivity contribution in [2.45, 2.75) is 25.0 Å². The van der Waals surface area contributed by atoms with Crippen LogP contribution >= 0.6 is 15.9 Å². The van der Waals surface area contributed by atoms with Gasteiger partial charge < -0.3 is 18.8 Å². The van der Waals surface area contributed by atoms with E-state index in [1.807, 2.05) is 30.3 Å². The molecule has 1 aromatic heterocycles. The fourth-order valence-electron chi connectivity index (χ4n) is 3.79. The molecule has 0 radical (unpaired) electrons. The van der Waals surface area contributed by atoms with Crippen LogP contribution in [0.3, 0.4) is 0 Å². The van der Waals surface area contributed by atoms with Gasteiger partial charge in [0.05, 0.1) is 11.0 Å². The smallest absolute Gasteiger partial charge is 0.190 e. The van der Waals surface area contributed by atoms with E-state index in [1.54, 1.807) is 0 Å². The van der Waals surface area contributed by atoms with E-state index in [-0.39, 0.29) is 6.10 Å². The minimum absolute atomic E-state index is 0.223. The number of benzene rings is 2. The van der Waals surface area contributed by atoms with Crippen molar-refractivity contribution in [2.75, 3.05) is 19.8 Å². The Morgan fingerprint density at radius 2 is 1.85 bits per heavy atom. The molecule has 0 amide bonds. The van der Waals surface area contributed by atoms with Crippen LogP contribution in [0.4, 0.5) is 0 Å². The molecule has 0 spiro atoms. The average molecular weight is 415 g/mol. The number of aromatic nitrogens is 2. The number of hydrogen-bond donors (Lipinski definition) is 0. The second-order valence-corrected chi connectivity index (χ2v) is 7.60. The zero-order valence-electron chi connectivity index (χ0n) is 14.2. The minimum Gasteiger partial charge on any atom is -0.485 e. The normalized spacial score (nSPS) is 20.4. The Bertz CT molecular complexity index is 949. The van der Waals surface area contributed by atoms with Gasteiger partial charge in [-0.15, -0.1) is 0 Å². The van der Waals surface area contributed by atoms with Gasteiger partial charge in [-0.25, -0.2) is 4.98 Å². The Kier molecular flexibility index (Phi) is 4.10. The van der Waals surface area contributed by atoms with Crippen molar-refractivity contribution in [1.82, 2.24) is 9.55 Å². The number of fused-ring (bicyclic) bond motifs is 2. The SMILES string of the molecule is Brc1ccc2nc(C3COc4ccccc4O3)n(C3CCOCC3)c2c1. The van der Waals surface area contributed by atoms with Crippen LogP contribution in [0.2, 0.25) is 0 Å². The van der Waals surface area contributed by atoms with Crippen LogP contribution in [0.15, 0.2) is 46.9 Å². The highest BCUT2D eigenvalue weighted by atomic mass is 79.9. The molecule has 0 aliphatic carbocycles. The predicted octanol–water partition coefficient (Wildman–Crippen LogP) is 4.66. The van der Waals surface area contributed by atoms with Crippen molar-refractivity contribution in [3.05, 3.63) is 52.8 Å². The molecule has 3 heterocycles. The summed E-state index contributed by atoms with van der Waals surface area (Å²) in [7, 11) is 0. The van der Waals surface area contributed by atoms with Crippen molar-refractivity contribution >= 4 is 27.0 Å². The molecule has 1 unspecified atom stereocenters. The molecule has 26 heavy (non-hydrogen) atoms. The molecule has 5 nitrogen and oxygen atoms in total. The Hall–Kier alpha value is -2.05. The highest BCUT2D eigenvalue weighted by molar-refractivity contribution is 9.10. The fraction of sp³-hybridized carbons (Fsp3) is 0.350. The monoisotopic (exact) mass is 414 g/mol. The van der Waals surface area contributed by atoms with E-state index in [2.05, 4.69) is 32.6 Å². The summed E-state index contributed by atoms with van der Waals surface area (Å²) in [6.45, 7) is 2.02. The molecule has 0 N–H and O–H groups in total. The average Bonchev–Trinajstić information content (AvgIpc) is 3.07. The van der Waals surface area contributed by atoms with Crippen molar-refractivity contribution in [2.24, 2.45) is 0 Å². The summed E-state index contributed by atoms with van der Waals surface area (Å²) in [5.41, 5.74) is 2.11. The number of ether oxygens (including phenoxy) is 3. The third-order valence-corrected chi connectivity index (χ3v) is 5.52. The highest BCUT2D eigenvalue weighted by Gasteiger charge is 2.30. The Labute approximate surface area is 160 Å². The van der Waals surface area contributed by atoms with Crippen molar-refractivity contribution in [1.29, 1.82) is 0 Å². The lowest BCUT2D eigenvalue weighted by atomic mass is 10.1. The first kappa shape index (κ1) is 16.1. The third kappa shape index (κ3) is 2.77. The van der Waals surface area contributed by atoms with Crippen molar-refractivity contribution in [3.8, 4) is 11.5 Å². The van der Waals surface area contributed by atoms with Gasteiger partial charge in [0, 0.05) is 23.7 Å². The molecule has 2 aliphatic heterocycles. The summed E-state index contributed by atoms with van der Waals surface area (Å²) in [5, 5.41) is 0. The van der Waals surface area contributed by atoms with Crippen LogP contribution in [-0.4, -0.2) is 29.4 Å². The maximum Gasteiger partial charge on any atom is 0.190 e. The molecule has 2 aromatic carbocycles. The molecule has 1 atom stereocenters. The van der Waals surface area contributed by atoms with Gasteiger partial charge in [-0.3, -0.25) is 0 Å². The summed E-state index contributed by atoms with van der Waals surface area (Å²) in [6, 6.07) is 14.4. The third-order valence-electron chi connectivity index (χ3n) is 5.03. The van der Waals surface area contributed by atoms with Crippen molar-refractivity contribution in [3.63, 3.8) is 0 Å². The lowest BCUT2D eigenvalue weighted by Gasteiger charge is -2.30. The molecule has 134 valence electrons. The largest absolute Gasteiger partial charge is 0.485 e. The molecular weight excluding hydrogens is 396 g/mol. The zero-order chi connectivity index (χ0) is 17.5. The van der Waals surface area contributed by atoms with Gasteiger partial charge in [0.1, 0.15) is 6.61 Å². The molecule has 6 heteroatoms. The quantitative estimate of drug-likeness (QED) is 0.611. The number of halogens is 1. The van der Waals surface area contributed by atoms with Gasteiger partial charge in [0.15, 0.2) is 23.4 Å². The van der Waals surface area contributed by atoms with Crippen molar-refractivity contribution < 1.29 is 14.2 Å². The van der Waals surface area contributed by atoms with Crippen LogP contribution in [0.5, 0.6) is 11.5 Å². The lowest BCUT2D eigenvalue weighted by Crippen LogP contribution is -2.28. The van der Waals surface area contributed by atoms with Crippen LogP contribution in [0.25, 0.3) is 11.0 Å². The Morgan fingerprint density at radius 1 is 1.04 bits per heavy atom. The summed E-state index contributed by atoms with van der Waals surface area (Å²) in [5.74, 6) is 2.50. The van der Waals surface area contributed by atoms with Gasteiger partial charge >= 0.3 is 0 Å². The number of rotatable bonds is 2. The lowest BCUT2D eigenvalue weighted by molar-refractivity contribution is 0.0586. The van der Waals surface area contributed by atoms with Crippen LogP contribution in [-0.2, 0) is 4.74 Å². The Balaban J connectivity index is 1.61. The molecule has 5 rings (SSSR count). The minimum atomic E-state index is -0.223. The number of para-hydroxylation sites is 2. The summed E-state index contributed by atoms with van der Waals surface area (Å²) in [4.78, 5) is 4.92. The predicted molar refractivity (Wildman–Crippen MR) is 102 cm³/mol. The number of nitrogens with zero attached hydrogens (tertiary/aromatic N) is 2. The highest BCUT2D eigenvalue weighted by Crippen LogP contribution is 2.38. The fourth-order valence-corrected chi connectivity index (χ4v) is 4.13. The maximum atomic E-state index is 6.26. The summed E-state index contributed by atoms with van der Waals surface area (Å²) >= 11 is 3.60. The molecule has 0 saturated carbocycles. The second-order valence-electron chi connectivity index (χ2n) is 6.68.